The van der Waals surface area contributed by atoms with Crippen LogP contribution in [0, 0.1) is 6.92 Å². The number of hydrogen-bond donors (Lipinski definition) is 0. The van der Waals surface area contributed by atoms with Crippen molar-refractivity contribution in [3.8, 4) is 0 Å². The molecule has 0 atom stereocenters. The third-order valence-corrected chi connectivity index (χ3v) is 5.81. The Bertz CT molecular complexity index is 881. The Hall–Kier alpha value is -1.85. The van der Waals surface area contributed by atoms with Gasteiger partial charge in [-0.05, 0) is 43.2 Å². The van der Waals surface area contributed by atoms with E-state index in [0.717, 1.165) is 39.9 Å². The first-order valence-corrected chi connectivity index (χ1v) is 10.1. The molecule has 0 spiro atoms. The predicted octanol–water partition coefficient (Wildman–Crippen LogP) is 5.53. The van der Waals surface area contributed by atoms with Gasteiger partial charge >= 0.3 is 0 Å². The van der Waals surface area contributed by atoms with Crippen LogP contribution in [0.1, 0.15) is 16.8 Å². The molecule has 0 fully saturated rings. The van der Waals surface area contributed by atoms with Gasteiger partial charge in [0, 0.05) is 33.7 Å². The second-order valence-corrected chi connectivity index (χ2v) is 7.90. The molecule has 2 aromatic carbocycles. The first-order chi connectivity index (χ1) is 12.2. The number of anilines is 2. The summed E-state index contributed by atoms with van der Waals surface area (Å²) in [7, 11) is 0. The highest BCUT2D eigenvalue weighted by Crippen LogP contribution is 2.36. The summed E-state index contributed by atoms with van der Waals surface area (Å²) in [5, 5.41) is 0.851. The lowest BCUT2D eigenvalue weighted by molar-refractivity contribution is 0.915. The van der Waals surface area contributed by atoms with E-state index in [1.54, 1.807) is 11.8 Å². The Kier molecular flexibility index (Phi) is 4.77. The highest BCUT2D eigenvalue weighted by molar-refractivity contribution is 9.10. The number of benzene rings is 2. The van der Waals surface area contributed by atoms with E-state index in [2.05, 4.69) is 76.3 Å². The Morgan fingerprint density at radius 1 is 1.04 bits per heavy atom. The third-order valence-electron chi connectivity index (χ3n) is 4.36. The van der Waals surface area contributed by atoms with E-state index in [-0.39, 0.29) is 0 Å². The minimum Gasteiger partial charge on any atom is -0.326 e. The van der Waals surface area contributed by atoms with Crippen molar-refractivity contribution in [2.75, 3.05) is 11.4 Å². The van der Waals surface area contributed by atoms with Crippen LogP contribution in [0.2, 0.25) is 0 Å². The predicted molar refractivity (Wildman–Crippen MR) is 108 cm³/mol. The molecular formula is C20H18BrN3S. The van der Waals surface area contributed by atoms with E-state index in [0.29, 0.717) is 0 Å². The van der Waals surface area contributed by atoms with Gasteiger partial charge in [0.05, 0.1) is 0 Å². The molecule has 0 saturated carbocycles. The average Bonchev–Trinajstić information content (AvgIpc) is 3.06. The summed E-state index contributed by atoms with van der Waals surface area (Å²) >= 11 is 5.20. The highest BCUT2D eigenvalue weighted by atomic mass is 79.9. The fraction of sp³-hybridized carbons (Fsp3) is 0.200. The van der Waals surface area contributed by atoms with Gasteiger partial charge in [0.15, 0.2) is 5.16 Å². The molecule has 0 bridgehead atoms. The maximum Gasteiger partial charge on any atom is 0.190 e. The summed E-state index contributed by atoms with van der Waals surface area (Å²) in [5.41, 5.74) is 4.84. The molecule has 0 aliphatic carbocycles. The first-order valence-electron chi connectivity index (χ1n) is 8.28. The lowest BCUT2D eigenvalue weighted by Gasteiger charge is -2.19. The summed E-state index contributed by atoms with van der Waals surface area (Å²) in [4.78, 5) is 11.9. The monoisotopic (exact) mass is 411 g/mol. The van der Waals surface area contributed by atoms with Crippen molar-refractivity contribution >= 4 is 39.2 Å². The Balaban J connectivity index is 1.61. The van der Waals surface area contributed by atoms with E-state index in [1.165, 1.54) is 16.8 Å². The van der Waals surface area contributed by atoms with E-state index in [9.17, 15) is 0 Å². The summed E-state index contributed by atoms with van der Waals surface area (Å²) in [6.07, 6.45) is 1.00. The minimum atomic E-state index is 0.851. The van der Waals surface area contributed by atoms with Gasteiger partial charge in [0.2, 0.25) is 0 Å². The first kappa shape index (κ1) is 16.6. The largest absolute Gasteiger partial charge is 0.326 e. The number of aromatic nitrogens is 2. The van der Waals surface area contributed by atoms with Crippen molar-refractivity contribution in [1.82, 2.24) is 9.97 Å². The molecule has 0 radical (unpaired) electrons. The maximum atomic E-state index is 4.88. The van der Waals surface area contributed by atoms with Crippen molar-refractivity contribution in [2.45, 2.75) is 24.3 Å². The van der Waals surface area contributed by atoms with Gasteiger partial charge in [-0.2, -0.15) is 0 Å². The van der Waals surface area contributed by atoms with Crippen LogP contribution in [-0.2, 0) is 12.2 Å². The summed E-state index contributed by atoms with van der Waals surface area (Å²) < 4.78 is 1.09. The van der Waals surface area contributed by atoms with Crippen molar-refractivity contribution in [2.24, 2.45) is 0 Å². The maximum absolute atomic E-state index is 4.88. The smallest absolute Gasteiger partial charge is 0.190 e. The van der Waals surface area contributed by atoms with Crippen molar-refractivity contribution in [1.29, 1.82) is 0 Å². The highest BCUT2D eigenvalue weighted by Gasteiger charge is 2.25. The molecule has 0 saturated heterocycles. The molecule has 3 aromatic rings. The minimum absolute atomic E-state index is 0.851. The fourth-order valence-electron chi connectivity index (χ4n) is 3.06. The topological polar surface area (TPSA) is 29.0 Å². The molecule has 0 amide bonds. The lowest BCUT2D eigenvalue weighted by atomic mass is 10.2. The van der Waals surface area contributed by atoms with Crippen molar-refractivity contribution < 1.29 is 0 Å². The van der Waals surface area contributed by atoms with Crippen molar-refractivity contribution in [3.05, 3.63) is 75.9 Å². The van der Waals surface area contributed by atoms with Crippen LogP contribution in [0.3, 0.4) is 0 Å². The van der Waals surface area contributed by atoms with E-state index < -0.39 is 0 Å². The van der Waals surface area contributed by atoms with Gasteiger partial charge in [-0.1, -0.05) is 58.0 Å². The van der Waals surface area contributed by atoms with E-state index in [4.69, 9.17) is 9.97 Å². The molecule has 5 heteroatoms. The number of rotatable bonds is 4. The second-order valence-electron chi connectivity index (χ2n) is 6.05. The molecule has 0 N–H and O–H groups in total. The normalized spacial score (nSPS) is 13.1. The van der Waals surface area contributed by atoms with E-state index >= 15 is 0 Å². The van der Waals surface area contributed by atoms with Crippen LogP contribution in [-0.4, -0.2) is 16.5 Å². The number of hydrogen-bond acceptors (Lipinski definition) is 4. The third kappa shape index (κ3) is 3.58. The van der Waals surface area contributed by atoms with Gasteiger partial charge in [0.25, 0.3) is 0 Å². The second kappa shape index (κ2) is 7.18. The molecule has 126 valence electrons. The summed E-state index contributed by atoms with van der Waals surface area (Å²) in [6, 6.07) is 18.9. The SMILES string of the molecule is Cc1nc(SCc2ccccc2)nc2c1CCN2c1ccc(Br)cc1. The molecular weight excluding hydrogens is 394 g/mol. The van der Waals surface area contributed by atoms with Crippen LogP contribution in [0.5, 0.6) is 0 Å². The number of nitrogens with zero attached hydrogens (tertiary/aromatic N) is 3. The van der Waals surface area contributed by atoms with Crippen molar-refractivity contribution in [3.63, 3.8) is 0 Å². The number of aryl methyl sites for hydroxylation is 1. The Labute approximate surface area is 160 Å². The van der Waals surface area contributed by atoms with Crippen LogP contribution >= 0.6 is 27.7 Å². The van der Waals surface area contributed by atoms with Crippen LogP contribution in [0.4, 0.5) is 11.5 Å². The molecule has 1 aliphatic rings. The van der Waals surface area contributed by atoms with Gasteiger partial charge < -0.3 is 4.90 Å². The zero-order chi connectivity index (χ0) is 17.2. The summed E-state index contributed by atoms with van der Waals surface area (Å²) in [5.74, 6) is 1.95. The van der Waals surface area contributed by atoms with Gasteiger partial charge in [-0.25, -0.2) is 9.97 Å². The standard InChI is InChI=1S/C20H18BrN3S/c1-14-18-11-12-24(17-9-7-16(21)8-10-17)19(18)23-20(22-14)25-13-15-5-3-2-4-6-15/h2-10H,11-13H2,1H3. The van der Waals surface area contributed by atoms with Crippen LogP contribution in [0.15, 0.2) is 64.2 Å². The van der Waals surface area contributed by atoms with Gasteiger partial charge in [0.1, 0.15) is 5.82 Å². The number of fused-ring (bicyclic) bond motifs is 1. The lowest BCUT2D eigenvalue weighted by Crippen LogP contribution is -2.14. The number of halogens is 1. The Morgan fingerprint density at radius 2 is 1.80 bits per heavy atom. The Morgan fingerprint density at radius 3 is 2.56 bits per heavy atom. The molecule has 4 rings (SSSR count). The molecule has 1 aliphatic heterocycles. The zero-order valence-electron chi connectivity index (χ0n) is 13.9. The summed E-state index contributed by atoms with van der Waals surface area (Å²) in [6.45, 7) is 3.05. The quantitative estimate of drug-likeness (QED) is 0.416. The van der Waals surface area contributed by atoms with E-state index in [1.807, 2.05) is 6.07 Å². The average molecular weight is 412 g/mol. The molecule has 1 aromatic heterocycles. The molecule has 25 heavy (non-hydrogen) atoms. The van der Waals surface area contributed by atoms with Gasteiger partial charge in [-0.3, -0.25) is 0 Å². The molecule has 3 nitrogen and oxygen atoms in total. The zero-order valence-corrected chi connectivity index (χ0v) is 16.3. The molecule has 0 unspecified atom stereocenters. The van der Waals surface area contributed by atoms with Crippen LogP contribution < -0.4 is 4.90 Å². The number of thioether (sulfide) groups is 1. The van der Waals surface area contributed by atoms with Gasteiger partial charge in [-0.15, -0.1) is 0 Å². The van der Waals surface area contributed by atoms with Crippen LogP contribution in [0.25, 0.3) is 0 Å². The fourth-order valence-corrected chi connectivity index (χ4v) is 4.17. The molecule has 2 heterocycles.